The van der Waals surface area contributed by atoms with Crippen molar-refractivity contribution < 1.29 is 0 Å². The summed E-state index contributed by atoms with van der Waals surface area (Å²) in [7, 11) is 1.77. The van der Waals surface area contributed by atoms with Crippen molar-refractivity contribution in [3.05, 3.63) is 32.2 Å². The van der Waals surface area contributed by atoms with E-state index in [9.17, 15) is 0 Å². The topological polar surface area (TPSA) is 62.2 Å². The van der Waals surface area contributed by atoms with Crippen molar-refractivity contribution in [1.82, 2.24) is 20.6 Å². The summed E-state index contributed by atoms with van der Waals surface area (Å²) in [5.41, 5.74) is 1.13. The monoisotopic (exact) mass is 437 g/mol. The first-order chi connectivity index (χ1) is 9.67. The van der Waals surface area contributed by atoms with Gasteiger partial charge < -0.3 is 10.6 Å². The second-order valence-electron chi connectivity index (χ2n) is 4.33. The molecule has 0 unspecified atom stereocenters. The molecule has 0 atom stereocenters. The fourth-order valence-corrected chi connectivity index (χ4v) is 3.07. The number of aryl methyl sites for hydroxylation is 2. The van der Waals surface area contributed by atoms with Crippen LogP contribution in [0.1, 0.15) is 20.6 Å². The number of hydrogen-bond acceptors (Lipinski definition) is 5. The van der Waals surface area contributed by atoms with Crippen molar-refractivity contribution in [2.75, 3.05) is 13.6 Å². The van der Waals surface area contributed by atoms with E-state index >= 15 is 0 Å². The summed E-state index contributed by atoms with van der Waals surface area (Å²) in [6.45, 7) is 5.61. The molecule has 2 aromatic heterocycles. The van der Waals surface area contributed by atoms with Gasteiger partial charge in [-0.25, -0.2) is 9.97 Å². The number of aromatic nitrogens is 2. The van der Waals surface area contributed by atoms with Crippen LogP contribution in [0.4, 0.5) is 0 Å². The molecule has 0 saturated carbocycles. The van der Waals surface area contributed by atoms with Gasteiger partial charge in [0.25, 0.3) is 0 Å². The maximum Gasteiger partial charge on any atom is 0.191 e. The first-order valence-electron chi connectivity index (χ1n) is 6.44. The van der Waals surface area contributed by atoms with Crippen LogP contribution in [0.5, 0.6) is 0 Å². The number of rotatable bonds is 5. The molecule has 21 heavy (non-hydrogen) atoms. The van der Waals surface area contributed by atoms with Crippen molar-refractivity contribution in [1.29, 1.82) is 0 Å². The molecule has 2 aromatic rings. The average molecular weight is 437 g/mol. The minimum atomic E-state index is 0. The highest BCUT2D eigenvalue weighted by molar-refractivity contribution is 14.0. The predicted molar refractivity (Wildman–Crippen MR) is 101 cm³/mol. The molecular formula is C13H20IN5S2. The molecule has 0 fully saturated rings. The van der Waals surface area contributed by atoms with E-state index in [-0.39, 0.29) is 24.0 Å². The Bertz CT molecular complexity index is 579. The van der Waals surface area contributed by atoms with Crippen LogP contribution >= 0.6 is 46.7 Å². The molecule has 116 valence electrons. The van der Waals surface area contributed by atoms with Gasteiger partial charge >= 0.3 is 0 Å². The van der Waals surface area contributed by atoms with Crippen LogP contribution in [0.25, 0.3) is 0 Å². The Morgan fingerprint density at radius 2 is 2.14 bits per heavy atom. The van der Waals surface area contributed by atoms with Gasteiger partial charge in [-0.2, -0.15) is 0 Å². The van der Waals surface area contributed by atoms with Crippen LogP contribution < -0.4 is 10.6 Å². The summed E-state index contributed by atoms with van der Waals surface area (Å²) in [6.07, 6.45) is 2.80. The van der Waals surface area contributed by atoms with Gasteiger partial charge in [0.05, 0.1) is 17.2 Å². The lowest BCUT2D eigenvalue weighted by atomic mass is 10.3. The van der Waals surface area contributed by atoms with E-state index in [4.69, 9.17) is 0 Å². The Kier molecular flexibility index (Phi) is 8.12. The van der Waals surface area contributed by atoms with Gasteiger partial charge in [-0.15, -0.1) is 46.7 Å². The third-order valence-electron chi connectivity index (χ3n) is 2.64. The van der Waals surface area contributed by atoms with E-state index in [0.29, 0.717) is 6.54 Å². The van der Waals surface area contributed by atoms with Gasteiger partial charge in [-0.05, 0) is 13.8 Å². The summed E-state index contributed by atoms with van der Waals surface area (Å²) in [6, 6.07) is 0. The molecule has 0 radical (unpaired) electrons. The van der Waals surface area contributed by atoms with E-state index in [0.717, 1.165) is 34.6 Å². The normalized spacial score (nSPS) is 11.1. The molecule has 0 spiro atoms. The minimum Gasteiger partial charge on any atom is -0.356 e. The maximum atomic E-state index is 4.44. The molecule has 0 amide bonds. The lowest BCUT2D eigenvalue weighted by Gasteiger charge is -2.10. The highest BCUT2D eigenvalue weighted by atomic mass is 127. The van der Waals surface area contributed by atoms with Crippen molar-refractivity contribution in [3.63, 3.8) is 0 Å². The van der Waals surface area contributed by atoms with Crippen molar-refractivity contribution in [3.8, 4) is 0 Å². The fourth-order valence-electron chi connectivity index (χ4n) is 1.70. The summed E-state index contributed by atoms with van der Waals surface area (Å²) in [4.78, 5) is 14.2. The van der Waals surface area contributed by atoms with Gasteiger partial charge in [0.15, 0.2) is 5.96 Å². The zero-order valence-electron chi connectivity index (χ0n) is 12.3. The van der Waals surface area contributed by atoms with Gasteiger partial charge in [0, 0.05) is 36.5 Å². The smallest absolute Gasteiger partial charge is 0.191 e. The Labute approximate surface area is 150 Å². The third-order valence-corrected chi connectivity index (χ3v) is 4.38. The van der Waals surface area contributed by atoms with Gasteiger partial charge in [-0.3, -0.25) is 4.99 Å². The molecule has 0 aromatic carbocycles. The first kappa shape index (κ1) is 18.3. The third kappa shape index (κ3) is 6.27. The van der Waals surface area contributed by atoms with E-state index in [1.807, 2.05) is 13.1 Å². The molecule has 2 rings (SSSR count). The molecule has 0 aliphatic carbocycles. The number of aliphatic imine (C=N–C) groups is 1. The van der Waals surface area contributed by atoms with Crippen molar-refractivity contribution in [2.45, 2.75) is 26.8 Å². The van der Waals surface area contributed by atoms with Crippen LogP contribution in [-0.2, 0) is 13.0 Å². The number of thiazole rings is 2. The van der Waals surface area contributed by atoms with Gasteiger partial charge in [-0.1, -0.05) is 0 Å². The van der Waals surface area contributed by atoms with Crippen LogP contribution in [0.15, 0.2) is 16.6 Å². The van der Waals surface area contributed by atoms with Gasteiger partial charge in [0.1, 0.15) is 5.01 Å². The molecule has 0 aliphatic heterocycles. The Morgan fingerprint density at radius 3 is 2.71 bits per heavy atom. The molecule has 8 heteroatoms. The fraction of sp³-hybridized carbons (Fsp3) is 0.462. The van der Waals surface area contributed by atoms with E-state index < -0.39 is 0 Å². The quantitative estimate of drug-likeness (QED) is 0.429. The summed E-state index contributed by atoms with van der Waals surface area (Å²) in [5.74, 6) is 0.796. The van der Waals surface area contributed by atoms with Crippen LogP contribution in [0, 0.1) is 13.8 Å². The Balaban J connectivity index is 0.00000220. The number of nitrogens with zero attached hydrogens (tertiary/aromatic N) is 3. The number of nitrogens with one attached hydrogen (secondary N) is 2. The summed E-state index contributed by atoms with van der Waals surface area (Å²) < 4.78 is 0. The first-order valence-corrected chi connectivity index (χ1v) is 8.14. The Hall–Kier alpha value is -0.740. The summed E-state index contributed by atoms with van der Waals surface area (Å²) >= 11 is 3.39. The largest absolute Gasteiger partial charge is 0.356 e. The zero-order chi connectivity index (χ0) is 14.4. The van der Waals surface area contributed by atoms with E-state index in [1.165, 1.54) is 4.88 Å². The molecule has 5 nitrogen and oxygen atoms in total. The van der Waals surface area contributed by atoms with Crippen LogP contribution in [-0.4, -0.2) is 29.5 Å². The zero-order valence-corrected chi connectivity index (χ0v) is 16.3. The number of halogens is 1. The molecule has 0 bridgehead atoms. The second kappa shape index (κ2) is 9.31. The molecule has 0 aliphatic rings. The average Bonchev–Trinajstić information content (AvgIpc) is 3.02. The number of guanidine groups is 1. The van der Waals surface area contributed by atoms with Gasteiger partial charge in [0.2, 0.25) is 0 Å². The van der Waals surface area contributed by atoms with Crippen LogP contribution in [0.2, 0.25) is 0 Å². The predicted octanol–water partition coefficient (Wildman–Crippen LogP) is 2.74. The highest BCUT2D eigenvalue weighted by Crippen LogP contribution is 2.10. The minimum absolute atomic E-state index is 0. The Morgan fingerprint density at radius 1 is 1.33 bits per heavy atom. The lowest BCUT2D eigenvalue weighted by Crippen LogP contribution is -2.37. The van der Waals surface area contributed by atoms with Crippen LogP contribution in [0.3, 0.4) is 0 Å². The molecule has 0 saturated heterocycles. The van der Waals surface area contributed by atoms with Crippen molar-refractivity contribution >= 4 is 52.6 Å². The lowest BCUT2D eigenvalue weighted by molar-refractivity contribution is 0.783. The maximum absolute atomic E-state index is 4.44. The number of hydrogen-bond donors (Lipinski definition) is 2. The van der Waals surface area contributed by atoms with Crippen molar-refractivity contribution in [2.24, 2.45) is 4.99 Å². The van der Waals surface area contributed by atoms with E-state index in [1.54, 1.807) is 29.7 Å². The molecule has 2 N–H and O–H groups in total. The second-order valence-corrected chi connectivity index (χ2v) is 6.71. The molecular weight excluding hydrogens is 417 g/mol. The SMILES string of the molecule is CN=C(NCCc1csc(C)n1)NCc1ncc(C)s1.I. The highest BCUT2D eigenvalue weighted by Gasteiger charge is 2.02. The molecule has 2 heterocycles. The summed E-state index contributed by atoms with van der Waals surface area (Å²) in [5, 5.41) is 10.8. The van der Waals surface area contributed by atoms with E-state index in [2.05, 4.69) is 37.9 Å². The standard InChI is InChI=1S/C13H19N5S2.HI/c1-9-6-16-12(20-9)7-17-13(14-3)15-5-4-11-8-19-10(2)18-11;/h6,8H,4-5,7H2,1-3H3,(H2,14,15,17);1H.